The van der Waals surface area contributed by atoms with Crippen molar-refractivity contribution in [3.63, 3.8) is 0 Å². The summed E-state index contributed by atoms with van der Waals surface area (Å²) < 4.78 is 16.5. The maximum atomic E-state index is 14.5. The Kier molecular flexibility index (Phi) is 2.14. The average Bonchev–Trinajstić information content (AvgIpc) is 2.70. The molecule has 1 saturated carbocycles. The van der Waals surface area contributed by atoms with Crippen LogP contribution in [0.4, 0.5) is 10.1 Å². The molecular weight excluding hydrogens is 267 g/mol. The minimum atomic E-state index is -0.179. The lowest BCUT2D eigenvalue weighted by Crippen LogP contribution is -2.59. The van der Waals surface area contributed by atoms with Crippen LogP contribution < -0.4 is 4.90 Å². The fraction of sp³-hybridized carbons (Fsp3) is 0.500. The van der Waals surface area contributed by atoms with Crippen molar-refractivity contribution < 1.29 is 4.39 Å². The van der Waals surface area contributed by atoms with E-state index in [0.29, 0.717) is 29.6 Å². The van der Waals surface area contributed by atoms with Crippen LogP contribution in [-0.4, -0.2) is 35.4 Å². The number of hydrogen-bond donors (Lipinski definition) is 0. The van der Waals surface area contributed by atoms with Crippen molar-refractivity contribution in [2.24, 2.45) is 10.4 Å². The summed E-state index contributed by atoms with van der Waals surface area (Å²) in [4.78, 5) is 11.0. The van der Waals surface area contributed by atoms with Crippen molar-refractivity contribution >= 4 is 22.9 Å². The van der Waals surface area contributed by atoms with Gasteiger partial charge in [-0.05, 0) is 18.9 Å². The van der Waals surface area contributed by atoms with Gasteiger partial charge in [0.2, 0.25) is 0 Å². The van der Waals surface area contributed by atoms with Gasteiger partial charge in [-0.1, -0.05) is 6.42 Å². The Morgan fingerprint density at radius 2 is 2.10 bits per heavy atom. The van der Waals surface area contributed by atoms with Crippen molar-refractivity contribution in [1.29, 1.82) is 0 Å². The van der Waals surface area contributed by atoms with Gasteiger partial charge in [0.15, 0.2) is 5.82 Å². The Bertz CT molecular complexity index is 764. The number of pyridine rings is 1. The first-order valence-corrected chi connectivity index (χ1v) is 7.68. The maximum Gasteiger partial charge on any atom is 0.159 e. The van der Waals surface area contributed by atoms with Gasteiger partial charge in [-0.15, -0.1) is 0 Å². The van der Waals surface area contributed by atoms with Gasteiger partial charge in [-0.25, -0.2) is 9.37 Å². The SMILES string of the molecule is Fc1c2n(c3ncc(N4CC5(CCC5)C4)cc13)CCN=C2. The second kappa shape index (κ2) is 3.84. The second-order valence-electron chi connectivity index (χ2n) is 6.66. The molecule has 5 heteroatoms. The number of anilines is 1. The third-order valence-corrected chi connectivity index (χ3v) is 5.36. The molecule has 0 aromatic carbocycles. The number of nitrogens with zero attached hydrogens (tertiary/aromatic N) is 4. The van der Waals surface area contributed by atoms with E-state index in [9.17, 15) is 4.39 Å². The van der Waals surface area contributed by atoms with Crippen LogP contribution in [0.5, 0.6) is 0 Å². The minimum Gasteiger partial charge on any atom is -0.369 e. The van der Waals surface area contributed by atoms with Crippen molar-refractivity contribution in [3.8, 4) is 0 Å². The molecule has 3 aliphatic rings. The van der Waals surface area contributed by atoms with Gasteiger partial charge in [0, 0.05) is 31.3 Å². The van der Waals surface area contributed by atoms with Gasteiger partial charge >= 0.3 is 0 Å². The van der Waals surface area contributed by atoms with Crippen LogP contribution in [0.15, 0.2) is 17.3 Å². The highest BCUT2D eigenvalue weighted by Gasteiger charge is 2.47. The monoisotopic (exact) mass is 284 g/mol. The highest BCUT2D eigenvalue weighted by atomic mass is 19.1. The molecule has 108 valence electrons. The zero-order valence-electron chi connectivity index (χ0n) is 11.8. The summed E-state index contributed by atoms with van der Waals surface area (Å²) in [6, 6.07) is 1.96. The van der Waals surface area contributed by atoms with Crippen LogP contribution in [0.25, 0.3) is 11.0 Å². The molecule has 1 saturated heterocycles. The molecule has 5 rings (SSSR count). The Labute approximate surface area is 122 Å². The van der Waals surface area contributed by atoms with E-state index < -0.39 is 0 Å². The molecule has 0 amide bonds. The molecule has 2 aromatic rings. The van der Waals surface area contributed by atoms with E-state index >= 15 is 0 Å². The molecule has 0 radical (unpaired) electrons. The van der Waals surface area contributed by atoms with Crippen LogP contribution in [0.1, 0.15) is 25.0 Å². The summed E-state index contributed by atoms with van der Waals surface area (Å²) in [5.74, 6) is -0.179. The highest BCUT2D eigenvalue weighted by Crippen LogP contribution is 2.49. The Morgan fingerprint density at radius 1 is 1.24 bits per heavy atom. The first-order chi connectivity index (χ1) is 10.3. The Morgan fingerprint density at radius 3 is 2.86 bits per heavy atom. The van der Waals surface area contributed by atoms with Crippen molar-refractivity contribution in [2.75, 3.05) is 24.5 Å². The molecule has 0 N–H and O–H groups in total. The molecule has 0 bridgehead atoms. The van der Waals surface area contributed by atoms with Crippen LogP contribution in [-0.2, 0) is 6.54 Å². The van der Waals surface area contributed by atoms with E-state index in [0.717, 1.165) is 24.4 Å². The topological polar surface area (TPSA) is 33.4 Å². The number of aliphatic imine (C=N–C) groups is 1. The normalized spacial score (nSPS) is 22.2. The number of rotatable bonds is 1. The molecule has 2 fully saturated rings. The zero-order chi connectivity index (χ0) is 14.0. The van der Waals surface area contributed by atoms with Gasteiger partial charge < -0.3 is 9.47 Å². The quantitative estimate of drug-likeness (QED) is 0.806. The lowest BCUT2D eigenvalue weighted by molar-refractivity contribution is 0.0904. The summed E-state index contributed by atoms with van der Waals surface area (Å²) >= 11 is 0. The maximum absolute atomic E-state index is 14.5. The molecule has 1 aliphatic carbocycles. The largest absolute Gasteiger partial charge is 0.369 e. The van der Waals surface area contributed by atoms with Crippen LogP contribution in [0.3, 0.4) is 0 Å². The lowest BCUT2D eigenvalue weighted by atomic mass is 9.63. The molecule has 2 aromatic heterocycles. The summed E-state index contributed by atoms with van der Waals surface area (Å²) in [6.45, 7) is 3.63. The summed E-state index contributed by atoms with van der Waals surface area (Å²) in [5, 5.41) is 0.630. The van der Waals surface area contributed by atoms with Crippen LogP contribution in [0.2, 0.25) is 0 Å². The third kappa shape index (κ3) is 1.49. The molecule has 0 unspecified atom stereocenters. The zero-order valence-corrected chi connectivity index (χ0v) is 11.8. The van der Waals surface area contributed by atoms with Gasteiger partial charge in [-0.3, -0.25) is 4.99 Å². The Balaban J connectivity index is 1.56. The van der Waals surface area contributed by atoms with Crippen LogP contribution in [0, 0.1) is 11.2 Å². The molecule has 0 atom stereocenters. The smallest absolute Gasteiger partial charge is 0.159 e. The fourth-order valence-electron chi connectivity index (χ4n) is 3.97. The van der Waals surface area contributed by atoms with Crippen molar-refractivity contribution in [3.05, 3.63) is 23.8 Å². The van der Waals surface area contributed by atoms with Crippen molar-refractivity contribution in [2.45, 2.75) is 25.8 Å². The van der Waals surface area contributed by atoms with Gasteiger partial charge in [-0.2, -0.15) is 0 Å². The first kappa shape index (κ1) is 11.7. The Hall–Kier alpha value is -1.91. The molecule has 4 nitrogen and oxygen atoms in total. The van der Waals surface area contributed by atoms with E-state index in [-0.39, 0.29) is 5.82 Å². The lowest BCUT2D eigenvalue weighted by Gasteiger charge is -2.56. The van der Waals surface area contributed by atoms with E-state index in [1.807, 2.05) is 16.8 Å². The van der Waals surface area contributed by atoms with E-state index in [2.05, 4.69) is 14.9 Å². The van der Waals surface area contributed by atoms with E-state index in [1.54, 1.807) is 6.21 Å². The van der Waals surface area contributed by atoms with Crippen LogP contribution >= 0.6 is 0 Å². The van der Waals surface area contributed by atoms with Gasteiger partial charge in [0.05, 0.1) is 29.5 Å². The fourth-order valence-corrected chi connectivity index (χ4v) is 3.97. The first-order valence-electron chi connectivity index (χ1n) is 7.68. The third-order valence-electron chi connectivity index (χ3n) is 5.36. The predicted molar refractivity (Wildman–Crippen MR) is 80.6 cm³/mol. The number of hydrogen-bond acceptors (Lipinski definition) is 3. The van der Waals surface area contributed by atoms with Crippen molar-refractivity contribution in [1.82, 2.24) is 9.55 Å². The molecule has 2 aliphatic heterocycles. The predicted octanol–water partition coefficient (Wildman–Crippen LogP) is 2.60. The van der Waals surface area contributed by atoms with Gasteiger partial charge in [0.1, 0.15) is 5.65 Å². The van der Waals surface area contributed by atoms with E-state index in [4.69, 9.17) is 0 Å². The number of aromatic nitrogens is 2. The van der Waals surface area contributed by atoms with E-state index in [1.165, 1.54) is 19.3 Å². The standard InChI is InChI=1S/C16H17FN4/c17-14-12-6-11(20-9-16(10-20)2-1-3-16)7-19-15(12)21-5-4-18-8-13(14)21/h6-8H,1-5,9-10H2. The average molecular weight is 284 g/mol. The number of halogens is 1. The molecular formula is C16H17FN4. The number of fused-ring (bicyclic) bond motifs is 3. The van der Waals surface area contributed by atoms with Gasteiger partial charge in [0.25, 0.3) is 0 Å². The highest BCUT2D eigenvalue weighted by molar-refractivity contribution is 5.91. The second-order valence-corrected chi connectivity index (χ2v) is 6.66. The molecule has 21 heavy (non-hydrogen) atoms. The minimum absolute atomic E-state index is 0.179. The molecule has 1 spiro atoms. The molecule has 4 heterocycles. The summed E-state index contributed by atoms with van der Waals surface area (Å²) in [5.41, 5.74) is 2.94. The summed E-state index contributed by atoms with van der Waals surface area (Å²) in [6.07, 6.45) is 7.60. The summed E-state index contributed by atoms with van der Waals surface area (Å²) in [7, 11) is 0.